The number of halogens is 1. The van der Waals surface area contributed by atoms with E-state index in [9.17, 15) is 23.6 Å². The molecular formula is C41H60FN3O10. The summed E-state index contributed by atoms with van der Waals surface area (Å²) in [7, 11) is 3.34. The second-order valence-electron chi connectivity index (χ2n) is 16.2. The van der Waals surface area contributed by atoms with Gasteiger partial charge in [-0.05, 0) is 121 Å². The highest BCUT2D eigenvalue weighted by Crippen LogP contribution is 2.42. The summed E-state index contributed by atoms with van der Waals surface area (Å²) in [5, 5.41) is 6.41. The maximum Gasteiger partial charge on any atom is 0.407 e. The van der Waals surface area contributed by atoms with Gasteiger partial charge in [0.2, 0.25) is 17.6 Å². The summed E-state index contributed by atoms with van der Waals surface area (Å²) < 4.78 is 46.5. The Hall–Kier alpha value is -3.75. The molecule has 1 aromatic heterocycles. The van der Waals surface area contributed by atoms with Crippen LogP contribution in [-0.4, -0.2) is 106 Å². The lowest BCUT2D eigenvalue weighted by molar-refractivity contribution is -0.142. The number of benzene rings is 1. The largest absolute Gasteiger partial charge is 0.460 e. The molecule has 3 aliphatic rings. The quantitative estimate of drug-likeness (QED) is 0.140. The van der Waals surface area contributed by atoms with Crippen LogP contribution in [0.25, 0.3) is 11.0 Å². The van der Waals surface area contributed by atoms with E-state index in [2.05, 4.69) is 10.6 Å². The van der Waals surface area contributed by atoms with Gasteiger partial charge in [-0.3, -0.25) is 9.59 Å². The Balaban J connectivity index is 1.23. The predicted molar refractivity (Wildman–Crippen MR) is 203 cm³/mol. The van der Waals surface area contributed by atoms with Gasteiger partial charge in [-0.25, -0.2) is 14.0 Å². The number of hydrogen-bond donors (Lipinski definition) is 2. The maximum absolute atomic E-state index is 14.3. The first-order chi connectivity index (χ1) is 26.4. The van der Waals surface area contributed by atoms with Crippen molar-refractivity contribution < 1.29 is 51.7 Å². The number of nitrogens with one attached hydrogen (secondary N) is 2. The molecule has 2 aromatic rings. The number of methoxy groups -OCH3 is 2. The minimum Gasteiger partial charge on any atom is -0.460 e. The fourth-order valence-corrected chi connectivity index (χ4v) is 8.47. The Morgan fingerprint density at radius 3 is 2.35 bits per heavy atom. The number of likely N-dealkylation sites (tertiary alicyclic amines) is 1. The van der Waals surface area contributed by atoms with Crippen molar-refractivity contribution in [3.63, 3.8) is 0 Å². The van der Waals surface area contributed by atoms with Gasteiger partial charge in [0, 0.05) is 50.8 Å². The molecule has 3 amide bonds. The van der Waals surface area contributed by atoms with E-state index in [1.165, 1.54) is 0 Å². The van der Waals surface area contributed by atoms with Crippen molar-refractivity contribution in [3.8, 4) is 0 Å². The lowest BCUT2D eigenvalue weighted by Crippen LogP contribution is -2.50. The molecule has 1 aromatic carbocycles. The molecule has 0 spiro atoms. The highest BCUT2D eigenvalue weighted by atomic mass is 19.1. The smallest absolute Gasteiger partial charge is 0.407 e. The Bertz CT molecular complexity index is 1580. The van der Waals surface area contributed by atoms with Crippen LogP contribution in [0, 0.1) is 23.7 Å². The molecule has 2 aliphatic carbocycles. The van der Waals surface area contributed by atoms with Crippen LogP contribution in [0.15, 0.2) is 28.7 Å². The van der Waals surface area contributed by atoms with Crippen molar-refractivity contribution in [2.75, 3.05) is 59.2 Å². The zero-order valence-corrected chi connectivity index (χ0v) is 33.1. The first-order valence-electron chi connectivity index (χ1n) is 19.9. The van der Waals surface area contributed by atoms with Gasteiger partial charge in [0.1, 0.15) is 23.9 Å². The number of rotatable bonds is 16. The highest BCUT2D eigenvalue weighted by molar-refractivity contribution is 6.00. The average Bonchev–Trinajstić information content (AvgIpc) is 3.81. The van der Waals surface area contributed by atoms with Crippen LogP contribution < -0.4 is 10.6 Å². The average molecular weight is 774 g/mol. The Labute approximate surface area is 323 Å². The molecular weight excluding hydrogens is 713 g/mol. The molecule has 2 saturated carbocycles. The number of amides is 3. The SMILES string of the molecule is COCCOCCCOC(=O)c1cc2cc(NC(=O)[C@H]3[C@@H](C4CCC(OC)CC4)CCN3C(=O)C3CCC(C(CF)NC(=O)OC(C)(C)C)CC3)ccc2o1. The summed E-state index contributed by atoms with van der Waals surface area (Å²) in [6, 6.07) is 5.44. The fourth-order valence-electron chi connectivity index (χ4n) is 8.47. The third-order valence-corrected chi connectivity index (χ3v) is 11.3. The number of anilines is 1. The number of alkyl carbamates (subject to hydrolysis) is 1. The van der Waals surface area contributed by atoms with Crippen LogP contribution in [-0.2, 0) is 33.3 Å². The zero-order valence-electron chi connectivity index (χ0n) is 33.1. The second kappa shape index (κ2) is 19.9. The number of alkyl halides is 1. The van der Waals surface area contributed by atoms with Crippen LogP contribution in [0.1, 0.15) is 95.5 Å². The number of hydrogen-bond acceptors (Lipinski definition) is 10. The summed E-state index contributed by atoms with van der Waals surface area (Å²) in [4.78, 5) is 55.4. The van der Waals surface area contributed by atoms with Crippen molar-refractivity contribution >= 4 is 40.5 Å². The van der Waals surface area contributed by atoms with Gasteiger partial charge < -0.3 is 43.6 Å². The number of furan rings is 1. The van der Waals surface area contributed by atoms with Crippen LogP contribution >= 0.6 is 0 Å². The van der Waals surface area contributed by atoms with E-state index in [0.29, 0.717) is 75.1 Å². The summed E-state index contributed by atoms with van der Waals surface area (Å²) in [6.07, 6.45) is 6.79. The van der Waals surface area contributed by atoms with E-state index in [-0.39, 0.29) is 54.0 Å². The number of nitrogens with zero attached hydrogens (tertiary/aromatic N) is 1. The Morgan fingerprint density at radius 2 is 1.67 bits per heavy atom. The van der Waals surface area contributed by atoms with E-state index in [0.717, 1.165) is 32.1 Å². The van der Waals surface area contributed by atoms with Gasteiger partial charge in [-0.2, -0.15) is 0 Å². The Morgan fingerprint density at radius 1 is 0.927 bits per heavy atom. The third kappa shape index (κ3) is 11.6. The summed E-state index contributed by atoms with van der Waals surface area (Å²) in [5.41, 5.74) is 0.314. The lowest BCUT2D eigenvalue weighted by Gasteiger charge is -2.38. The van der Waals surface area contributed by atoms with E-state index < -0.39 is 36.4 Å². The standard InChI is InChI=1S/C41H60FN3O10/c1-41(2,3)55-40(49)44-33(25-42)27-7-9-28(10-8-27)38(47)45-18-17-32(26-11-14-31(51-5)15-12-26)36(45)37(46)43-30-13-16-34-29(23-30)24-35(54-34)39(48)53-20-6-19-52-22-21-50-4/h13,16,23-24,26-28,31-33,36H,6-12,14-15,17-22,25H2,1-5H3,(H,43,46)(H,44,49)/t26?,27?,28?,31?,32-,33?,36-/m1/s1. The van der Waals surface area contributed by atoms with Gasteiger partial charge in [0.25, 0.3) is 0 Å². The van der Waals surface area contributed by atoms with Crippen LogP contribution in [0.3, 0.4) is 0 Å². The first kappa shape index (κ1) is 42.4. The number of ether oxygens (including phenoxy) is 5. The molecule has 0 bridgehead atoms. The summed E-state index contributed by atoms with van der Waals surface area (Å²) in [5.74, 6) is -0.942. The molecule has 0 radical (unpaired) electrons. The van der Waals surface area contributed by atoms with Gasteiger partial charge in [0.15, 0.2) is 0 Å². The van der Waals surface area contributed by atoms with Crippen molar-refractivity contribution in [3.05, 3.63) is 30.0 Å². The minimum absolute atomic E-state index is 0.00329. The van der Waals surface area contributed by atoms with E-state index in [1.807, 2.05) is 0 Å². The number of carbonyl (C=O) groups is 4. The summed E-state index contributed by atoms with van der Waals surface area (Å²) >= 11 is 0. The molecule has 13 nitrogen and oxygen atoms in total. The fraction of sp³-hybridized carbons (Fsp3) is 0.707. The van der Waals surface area contributed by atoms with E-state index in [4.69, 9.17) is 28.1 Å². The van der Waals surface area contributed by atoms with Gasteiger partial charge >= 0.3 is 12.1 Å². The minimum atomic E-state index is -0.717. The third-order valence-electron chi connectivity index (χ3n) is 11.3. The molecule has 5 rings (SSSR count). The molecule has 14 heteroatoms. The number of fused-ring (bicyclic) bond motifs is 1. The van der Waals surface area contributed by atoms with Crippen molar-refractivity contribution in [2.24, 2.45) is 23.7 Å². The predicted octanol–water partition coefficient (Wildman–Crippen LogP) is 6.67. The zero-order chi connectivity index (χ0) is 39.5. The van der Waals surface area contributed by atoms with Crippen LogP contribution in [0.2, 0.25) is 0 Å². The van der Waals surface area contributed by atoms with Gasteiger partial charge in [-0.15, -0.1) is 0 Å². The molecule has 306 valence electrons. The van der Waals surface area contributed by atoms with Crippen molar-refractivity contribution in [1.82, 2.24) is 10.2 Å². The molecule has 2 heterocycles. The van der Waals surface area contributed by atoms with Crippen molar-refractivity contribution in [1.29, 1.82) is 0 Å². The molecule has 55 heavy (non-hydrogen) atoms. The lowest BCUT2D eigenvalue weighted by atomic mass is 9.75. The number of carbonyl (C=O) groups excluding carboxylic acids is 4. The van der Waals surface area contributed by atoms with E-state index >= 15 is 0 Å². The van der Waals surface area contributed by atoms with Gasteiger partial charge in [-0.1, -0.05) is 0 Å². The van der Waals surface area contributed by atoms with Crippen molar-refractivity contribution in [2.45, 2.75) is 109 Å². The monoisotopic (exact) mass is 773 g/mol. The topological polar surface area (TPSA) is 155 Å². The Kier molecular flexibility index (Phi) is 15.3. The molecule has 1 saturated heterocycles. The van der Waals surface area contributed by atoms with Crippen LogP contribution in [0.5, 0.6) is 0 Å². The molecule has 3 atom stereocenters. The highest BCUT2D eigenvalue weighted by Gasteiger charge is 2.47. The number of esters is 1. The normalized spacial score (nSPS) is 25.0. The molecule has 2 N–H and O–H groups in total. The molecule has 1 aliphatic heterocycles. The maximum atomic E-state index is 14.3. The van der Waals surface area contributed by atoms with E-state index in [1.54, 1.807) is 64.2 Å². The molecule has 1 unspecified atom stereocenters. The molecule has 3 fully saturated rings. The summed E-state index contributed by atoms with van der Waals surface area (Å²) in [6.45, 7) is 6.64. The first-order valence-corrected chi connectivity index (χ1v) is 19.9. The van der Waals surface area contributed by atoms with Crippen LogP contribution in [0.4, 0.5) is 14.9 Å². The second-order valence-corrected chi connectivity index (χ2v) is 16.2. The van der Waals surface area contributed by atoms with Gasteiger partial charge in [0.05, 0.1) is 32.0 Å².